The van der Waals surface area contributed by atoms with E-state index in [2.05, 4.69) is 41.8 Å². The van der Waals surface area contributed by atoms with Crippen LogP contribution in [0, 0.1) is 12.3 Å². The van der Waals surface area contributed by atoms with Gasteiger partial charge in [0.15, 0.2) is 35.2 Å². The lowest BCUT2D eigenvalue weighted by Crippen LogP contribution is -2.51. The SMILES string of the molecule is C#C[C@@]1(O)[C@@H](COC(Cc2ccc(NC(O)NCCCCl)cc2)(C(=O)OCC)c2cscn2)O[C@@H](n2cnc3c(NC(C)C)nc(Cl)nc32)[C@@H]1O. The average molecular weight is 764 g/mol. The predicted octanol–water partition coefficient (Wildman–Crippen LogP) is 3.00. The van der Waals surface area contributed by atoms with E-state index in [9.17, 15) is 20.1 Å². The van der Waals surface area contributed by atoms with Gasteiger partial charge in [-0.3, -0.25) is 9.88 Å². The fourth-order valence-corrected chi connectivity index (χ4v) is 6.53. The van der Waals surface area contributed by atoms with Gasteiger partial charge in [0.2, 0.25) is 10.9 Å². The number of carbonyl (C=O) groups excluding carboxylic acids is 1. The van der Waals surface area contributed by atoms with Gasteiger partial charge in [0.1, 0.15) is 12.2 Å². The highest BCUT2D eigenvalue weighted by molar-refractivity contribution is 7.07. The van der Waals surface area contributed by atoms with Crippen LogP contribution in [0.1, 0.15) is 44.7 Å². The molecule has 0 spiro atoms. The molecule has 3 aromatic heterocycles. The molecule has 0 radical (unpaired) electrons. The number of benzene rings is 1. The summed E-state index contributed by atoms with van der Waals surface area (Å²) in [6.45, 7) is 5.62. The van der Waals surface area contributed by atoms with E-state index in [4.69, 9.17) is 43.8 Å². The molecule has 1 saturated heterocycles. The maximum Gasteiger partial charge on any atom is 0.345 e. The van der Waals surface area contributed by atoms with Crippen molar-refractivity contribution in [3.63, 3.8) is 0 Å². The summed E-state index contributed by atoms with van der Waals surface area (Å²) in [5, 5.41) is 43.9. The molecule has 4 heterocycles. The molecule has 6 atom stereocenters. The van der Waals surface area contributed by atoms with Crippen molar-refractivity contribution in [2.75, 3.05) is 36.3 Å². The number of halogens is 2. The van der Waals surface area contributed by atoms with Crippen molar-refractivity contribution in [1.82, 2.24) is 29.8 Å². The van der Waals surface area contributed by atoms with Gasteiger partial charge in [-0.1, -0.05) is 18.1 Å². The maximum absolute atomic E-state index is 13.9. The summed E-state index contributed by atoms with van der Waals surface area (Å²) < 4.78 is 19.5. The second-order valence-electron chi connectivity index (χ2n) is 12.0. The van der Waals surface area contributed by atoms with Crippen LogP contribution in [-0.2, 0) is 31.0 Å². The van der Waals surface area contributed by atoms with Crippen molar-refractivity contribution < 1.29 is 34.3 Å². The molecular formula is C33H40Cl2N8O7S. The molecule has 4 aromatic rings. The Morgan fingerprint density at radius 2 is 2.02 bits per heavy atom. The third kappa shape index (κ3) is 8.38. The number of esters is 1. The van der Waals surface area contributed by atoms with Gasteiger partial charge in [-0.15, -0.1) is 29.4 Å². The van der Waals surface area contributed by atoms with Crippen LogP contribution in [-0.4, -0.2) is 102 Å². The van der Waals surface area contributed by atoms with Crippen LogP contribution >= 0.6 is 34.5 Å². The summed E-state index contributed by atoms with van der Waals surface area (Å²) in [5.74, 6) is 2.38. The fourth-order valence-electron chi connectivity index (χ4n) is 5.62. The van der Waals surface area contributed by atoms with Gasteiger partial charge in [0.05, 0.1) is 30.7 Å². The largest absolute Gasteiger partial charge is 0.464 e. The molecule has 15 nitrogen and oxygen atoms in total. The van der Waals surface area contributed by atoms with Crippen LogP contribution in [0.3, 0.4) is 0 Å². The standard InChI is InChI=1S/C33H40Cl2N8O7S/c1-5-32(47)23(50-28(25(32)44)43-17-37-24-26(39-19(3)4)41-30(35)42-27(24)43)15-49-33(29(45)48-6-2,22-16-51-18-38-22)14-20-8-10-21(11-9-20)40-31(46)36-13-7-12-34/h1,8-11,16-19,23,25,28,31,36,40,44,46-47H,6-7,12-15H2,2-4H3,(H,39,41,42)/t23-,25+,28-,31?,32-,33?/m1/s1. The van der Waals surface area contributed by atoms with Crippen LogP contribution in [0.2, 0.25) is 5.28 Å². The molecule has 18 heteroatoms. The van der Waals surface area contributed by atoms with Crippen molar-refractivity contribution >= 4 is 63.2 Å². The smallest absolute Gasteiger partial charge is 0.345 e. The number of carbonyl (C=O) groups is 1. The first-order valence-electron chi connectivity index (χ1n) is 16.2. The van der Waals surface area contributed by atoms with Crippen LogP contribution in [0.5, 0.6) is 0 Å². The van der Waals surface area contributed by atoms with Gasteiger partial charge in [-0.25, -0.2) is 14.8 Å². The van der Waals surface area contributed by atoms with Crippen LogP contribution in [0.15, 0.2) is 41.5 Å². The molecule has 1 aliphatic rings. The molecule has 1 fully saturated rings. The molecule has 0 saturated carbocycles. The summed E-state index contributed by atoms with van der Waals surface area (Å²) in [4.78, 5) is 31.2. The number of aliphatic hydroxyl groups is 3. The van der Waals surface area contributed by atoms with E-state index in [1.165, 1.54) is 22.2 Å². The summed E-state index contributed by atoms with van der Waals surface area (Å²) in [6, 6.07) is 7.01. The van der Waals surface area contributed by atoms with Gasteiger partial charge >= 0.3 is 5.97 Å². The Hall–Kier alpha value is -3.63. The Balaban J connectivity index is 1.43. The number of hydrogen-bond donors (Lipinski definition) is 6. The number of fused-ring (bicyclic) bond motifs is 1. The molecule has 2 unspecified atom stereocenters. The van der Waals surface area contributed by atoms with E-state index in [0.29, 0.717) is 41.4 Å². The van der Waals surface area contributed by atoms with Crippen molar-refractivity contribution in [3.05, 3.63) is 58.0 Å². The number of aliphatic hydroxyl groups excluding tert-OH is 2. The normalized spacial score (nSPS) is 22.1. The first-order valence-corrected chi connectivity index (χ1v) is 18.0. The van der Waals surface area contributed by atoms with Gasteiger partial charge < -0.3 is 40.2 Å². The Kier molecular flexibility index (Phi) is 12.7. The summed E-state index contributed by atoms with van der Waals surface area (Å²) in [5.41, 5.74) is -0.397. The monoisotopic (exact) mass is 762 g/mol. The maximum atomic E-state index is 13.9. The average Bonchev–Trinajstić information content (AvgIpc) is 3.84. The van der Waals surface area contributed by atoms with E-state index in [1.54, 1.807) is 42.1 Å². The second-order valence-corrected chi connectivity index (χ2v) is 13.5. The Morgan fingerprint density at radius 3 is 2.67 bits per heavy atom. The molecule has 6 N–H and O–H groups in total. The molecule has 5 rings (SSSR count). The van der Waals surface area contributed by atoms with Gasteiger partial charge in [0, 0.05) is 36.0 Å². The number of nitrogens with zero attached hydrogens (tertiary/aromatic N) is 5. The lowest BCUT2D eigenvalue weighted by molar-refractivity contribution is -0.184. The molecule has 0 aliphatic carbocycles. The van der Waals surface area contributed by atoms with Crippen molar-refractivity contribution in [3.8, 4) is 12.3 Å². The Morgan fingerprint density at radius 1 is 1.25 bits per heavy atom. The van der Waals surface area contributed by atoms with Crippen LogP contribution < -0.4 is 16.0 Å². The number of hydrogen-bond acceptors (Lipinski definition) is 15. The van der Waals surface area contributed by atoms with E-state index >= 15 is 0 Å². The number of nitrogens with one attached hydrogen (secondary N) is 3. The van der Waals surface area contributed by atoms with Gasteiger partial charge in [0.25, 0.3) is 0 Å². The van der Waals surface area contributed by atoms with Crippen LogP contribution in [0.4, 0.5) is 11.5 Å². The second kappa shape index (κ2) is 16.8. The zero-order valence-electron chi connectivity index (χ0n) is 28.1. The predicted molar refractivity (Wildman–Crippen MR) is 192 cm³/mol. The van der Waals surface area contributed by atoms with Gasteiger partial charge in [-0.05, 0) is 56.5 Å². The number of anilines is 2. The minimum absolute atomic E-state index is 0.000700. The van der Waals surface area contributed by atoms with E-state index in [0.717, 1.165) is 0 Å². The third-order valence-corrected chi connectivity index (χ3v) is 9.15. The Bertz CT molecular complexity index is 1810. The van der Waals surface area contributed by atoms with E-state index < -0.39 is 48.6 Å². The molecule has 1 aromatic carbocycles. The summed E-state index contributed by atoms with van der Waals surface area (Å²) in [6.07, 6.45) is 2.54. The summed E-state index contributed by atoms with van der Waals surface area (Å²) >= 11 is 13.2. The molecule has 1 aliphatic heterocycles. The lowest BCUT2D eigenvalue weighted by Gasteiger charge is -2.33. The van der Waals surface area contributed by atoms with E-state index in [1.807, 2.05) is 13.8 Å². The van der Waals surface area contributed by atoms with Gasteiger partial charge in [-0.2, -0.15) is 9.97 Å². The zero-order valence-corrected chi connectivity index (χ0v) is 30.5. The van der Waals surface area contributed by atoms with Crippen LogP contribution in [0.25, 0.3) is 11.2 Å². The van der Waals surface area contributed by atoms with Crippen molar-refractivity contribution in [2.45, 2.75) is 75.6 Å². The topological polar surface area (TPSA) is 198 Å². The molecule has 51 heavy (non-hydrogen) atoms. The van der Waals surface area contributed by atoms with Crippen molar-refractivity contribution in [1.29, 1.82) is 0 Å². The quantitative estimate of drug-likeness (QED) is 0.0229. The molecule has 0 amide bonds. The van der Waals surface area contributed by atoms with Crippen molar-refractivity contribution in [2.24, 2.45) is 0 Å². The number of aromatic nitrogens is 5. The Labute approximate surface area is 308 Å². The molecule has 0 bridgehead atoms. The lowest BCUT2D eigenvalue weighted by atomic mass is 9.90. The number of thiazole rings is 1. The highest BCUT2D eigenvalue weighted by Gasteiger charge is 2.57. The highest BCUT2D eigenvalue weighted by Crippen LogP contribution is 2.41. The number of terminal acetylenes is 1. The fraction of sp³-hybridized carbons (Fsp3) is 0.485. The zero-order chi connectivity index (χ0) is 36.8. The number of rotatable bonds is 17. The minimum atomic E-state index is -2.27. The molecular weight excluding hydrogens is 723 g/mol. The van der Waals surface area contributed by atoms with E-state index in [-0.39, 0.29) is 35.7 Å². The first kappa shape index (κ1) is 38.6. The number of ether oxygens (including phenoxy) is 3. The third-order valence-electron chi connectivity index (χ3n) is 8.13. The summed E-state index contributed by atoms with van der Waals surface area (Å²) in [7, 11) is 0. The molecule has 274 valence electrons. The highest BCUT2D eigenvalue weighted by atomic mass is 35.5. The number of imidazole rings is 1. The first-order chi connectivity index (χ1) is 24.4. The number of alkyl halides is 1. The minimum Gasteiger partial charge on any atom is -0.464 e.